The molecule has 30 heavy (non-hydrogen) atoms. The molecule has 1 amide bonds. The van der Waals surface area contributed by atoms with Crippen LogP contribution in [0, 0.1) is 5.92 Å². The SMILES string of the molecule is COc1ccc(CS(=O)(=O)[C@H]2CN[C@H](C(=O)N[C@@H](C(C)C)[C@H](O)C(F)(F)F)C2)cc1. The molecule has 1 aliphatic rings. The van der Waals surface area contributed by atoms with E-state index in [2.05, 4.69) is 10.6 Å². The normalized spacial score (nSPS) is 22.0. The van der Waals surface area contributed by atoms with Gasteiger partial charge in [0.25, 0.3) is 0 Å². The van der Waals surface area contributed by atoms with Crippen molar-refractivity contribution in [3.05, 3.63) is 29.8 Å². The lowest BCUT2D eigenvalue weighted by Gasteiger charge is -2.29. The first-order valence-electron chi connectivity index (χ1n) is 9.48. The second-order valence-corrected chi connectivity index (χ2v) is 10.0. The van der Waals surface area contributed by atoms with E-state index in [1.165, 1.54) is 21.0 Å². The molecule has 2 rings (SSSR count). The molecule has 0 unspecified atom stereocenters. The lowest BCUT2D eigenvalue weighted by molar-refractivity contribution is -0.215. The number of aliphatic hydroxyl groups excluding tert-OH is 1. The Bertz CT molecular complexity index is 828. The summed E-state index contributed by atoms with van der Waals surface area (Å²) in [5, 5.41) is 13.7. The number of amides is 1. The van der Waals surface area contributed by atoms with E-state index in [1.807, 2.05) is 0 Å². The molecule has 0 aliphatic carbocycles. The number of alkyl halides is 3. The molecule has 11 heteroatoms. The van der Waals surface area contributed by atoms with E-state index < -0.39 is 51.3 Å². The Balaban J connectivity index is 2.01. The number of nitrogens with one attached hydrogen (secondary N) is 2. The number of carbonyl (C=O) groups excluding carboxylic acids is 1. The van der Waals surface area contributed by atoms with E-state index in [0.717, 1.165) is 0 Å². The number of aliphatic hydroxyl groups is 1. The maximum atomic E-state index is 12.9. The third kappa shape index (κ3) is 6.08. The quantitative estimate of drug-likeness (QED) is 0.551. The summed E-state index contributed by atoms with van der Waals surface area (Å²) in [6.45, 7) is 2.92. The highest BCUT2D eigenvalue weighted by Crippen LogP contribution is 2.26. The molecular formula is C19H27F3N2O5S. The monoisotopic (exact) mass is 452 g/mol. The highest BCUT2D eigenvalue weighted by Gasteiger charge is 2.46. The van der Waals surface area contributed by atoms with Crippen LogP contribution < -0.4 is 15.4 Å². The summed E-state index contributed by atoms with van der Waals surface area (Å²) < 4.78 is 69.0. The first-order chi connectivity index (χ1) is 13.8. The van der Waals surface area contributed by atoms with E-state index in [4.69, 9.17) is 4.74 Å². The molecule has 0 spiro atoms. The fourth-order valence-electron chi connectivity index (χ4n) is 3.33. The van der Waals surface area contributed by atoms with Crippen molar-refractivity contribution >= 4 is 15.7 Å². The van der Waals surface area contributed by atoms with E-state index in [0.29, 0.717) is 11.3 Å². The first-order valence-corrected chi connectivity index (χ1v) is 11.2. The average molecular weight is 452 g/mol. The van der Waals surface area contributed by atoms with Crippen LogP contribution in [0.1, 0.15) is 25.8 Å². The average Bonchev–Trinajstić information content (AvgIpc) is 3.16. The Morgan fingerprint density at radius 2 is 1.90 bits per heavy atom. The molecule has 1 fully saturated rings. The number of carbonyl (C=O) groups is 1. The minimum atomic E-state index is -4.88. The molecule has 0 radical (unpaired) electrons. The molecule has 1 heterocycles. The van der Waals surface area contributed by atoms with Gasteiger partial charge in [-0.1, -0.05) is 26.0 Å². The number of ether oxygens (including phenoxy) is 1. The number of methoxy groups -OCH3 is 1. The zero-order chi connectivity index (χ0) is 22.7. The molecule has 170 valence electrons. The van der Waals surface area contributed by atoms with Gasteiger partial charge < -0.3 is 20.5 Å². The molecule has 0 saturated carbocycles. The third-order valence-corrected chi connectivity index (χ3v) is 7.26. The van der Waals surface area contributed by atoms with Crippen LogP contribution in [0.15, 0.2) is 24.3 Å². The van der Waals surface area contributed by atoms with Gasteiger partial charge in [-0.15, -0.1) is 0 Å². The van der Waals surface area contributed by atoms with Gasteiger partial charge in [-0.25, -0.2) is 8.42 Å². The van der Waals surface area contributed by atoms with E-state index in [9.17, 15) is 31.5 Å². The minimum Gasteiger partial charge on any atom is -0.497 e. The van der Waals surface area contributed by atoms with Crippen LogP contribution >= 0.6 is 0 Å². The number of rotatable bonds is 8. The summed E-state index contributed by atoms with van der Waals surface area (Å²) in [7, 11) is -2.10. The summed E-state index contributed by atoms with van der Waals surface area (Å²) >= 11 is 0. The van der Waals surface area contributed by atoms with Crippen molar-refractivity contribution in [3.63, 3.8) is 0 Å². The van der Waals surface area contributed by atoms with Gasteiger partial charge in [0, 0.05) is 6.54 Å². The highest BCUT2D eigenvalue weighted by atomic mass is 32.2. The maximum absolute atomic E-state index is 12.9. The Morgan fingerprint density at radius 1 is 1.30 bits per heavy atom. The van der Waals surface area contributed by atoms with E-state index in [1.54, 1.807) is 24.3 Å². The fourth-order valence-corrected chi connectivity index (χ4v) is 5.06. The largest absolute Gasteiger partial charge is 0.497 e. The van der Waals surface area contributed by atoms with Gasteiger partial charge in [0.1, 0.15) is 5.75 Å². The number of sulfone groups is 1. The Hall–Kier alpha value is -1.85. The topological polar surface area (TPSA) is 105 Å². The predicted molar refractivity (Wildman–Crippen MR) is 105 cm³/mol. The van der Waals surface area contributed by atoms with Gasteiger partial charge in [-0.05, 0) is 30.0 Å². The zero-order valence-electron chi connectivity index (χ0n) is 16.9. The summed E-state index contributed by atoms with van der Waals surface area (Å²) in [5.41, 5.74) is 0.567. The van der Waals surface area contributed by atoms with Crippen LogP contribution in [-0.2, 0) is 20.4 Å². The minimum absolute atomic E-state index is 0.0186. The molecule has 1 aliphatic heterocycles. The number of halogens is 3. The Labute approximate surface area is 173 Å². The van der Waals surface area contributed by atoms with E-state index >= 15 is 0 Å². The van der Waals surface area contributed by atoms with Gasteiger partial charge in [0.2, 0.25) is 5.91 Å². The van der Waals surface area contributed by atoms with Gasteiger partial charge in [0.15, 0.2) is 15.9 Å². The molecular weight excluding hydrogens is 425 g/mol. The van der Waals surface area contributed by atoms with Crippen molar-refractivity contribution in [1.82, 2.24) is 10.6 Å². The number of benzene rings is 1. The molecule has 7 nitrogen and oxygen atoms in total. The van der Waals surface area contributed by atoms with Crippen molar-refractivity contribution in [1.29, 1.82) is 0 Å². The highest BCUT2D eigenvalue weighted by molar-refractivity contribution is 7.91. The van der Waals surface area contributed by atoms with Gasteiger partial charge in [0.05, 0.1) is 30.2 Å². The van der Waals surface area contributed by atoms with Crippen LogP contribution in [0.5, 0.6) is 5.75 Å². The molecule has 3 N–H and O–H groups in total. The molecule has 1 aromatic carbocycles. The van der Waals surface area contributed by atoms with Crippen LogP contribution in [0.3, 0.4) is 0 Å². The zero-order valence-corrected chi connectivity index (χ0v) is 17.8. The second kappa shape index (κ2) is 9.52. The first kappa shape index (κ1) is 24.4. The molecule has 0 aromatic heterocycles. The lowest BCUT2D eigenvalue weighted by Crippen LogP contribution is -2.55. The standard InChI is InChI=1S/C19H27F3N2O5S/c1-11(2)16(17(25)19(20,21)22)24-18(26)15-8-14(9-23-15)30(27,28)10-12-4-6-13(29-3)7-5-12/h4-7,11,14-17,23,25H,8-10H2,1-3H3,(H,24,26)/t14-,15+,16+,17+/m1/s1. The smallest absolute Gasteiger partial charge is 0.416 e. The van der Waals surface area contributed by atoms with Gasteiger partial charge in [-0.2, -0.15) is 13.2 Å². The van der Waals surface area contributed by atoms with Crippen molar-refractivity contribution in [3.8, 4) is 5.75 Å². The van der Waals surface area contributed by atoms with Crippen LogP contribution in [-0.4, -0.2) is 62.7 Å². The van der Waals surface area contributed by atoms with Crippen molar-refractivity contribution in [2.75, 3.05) is 13.7 Å². The van der Waals surface area contributed by atoms with Crippen LogP contribution in [0.2, 0.25) is 0 Å². The fraction of sp³-hybridized carbons (Fsp3) is 0.632. The van der Waals surface area contributed by atoms with Crippen molar-refractivity contribution in [2.45, 2.75) is 55.6 Å². The van der Waals surface area contributed by atoms with Gasteiger partial charge >= 0.3 is 6.18 Å². The van der Waals surface area contributed by atoms with Crippen LogP contribution in [0.4, 0.5) is 13.2 Å². The van der Waals surface area contributed by atoms with Gasteiger partial charge in [-0.3, -0.25) is 4.79 Å². The van der Waals surface area contributed by atoms with Crippen LogP contribution in [0.25, 0.3) is 0 Å². The lowest BCUT2D eigenvalue weighted by atomic mass is 9.97. The summed E-state index contributed by atoms with van der Waals surface area (Å²) in [6.07, 6.45) is -7.65. The Morgan fingerprint density at radius 3 is 2.40 bits per heavy atom. The second-order valence-electron chi connectivity index (χ2n) is 7.74. The third-order valence-electron chi connectivity index (χ3n) is 5.14. The summed E-state index contributed by atoms with van der Waals surface area (Å²) in [6, 6.07) is 4.07. The number of hydrogen-bond acceptors (Lipinski definition) is 6. The maximum Gasteiger partial charge on any atom is 0.416 e. The summed E-state index contributed by atoms with van der Waals surface area (Å²) in [4.78, 5) is 12.4. The van der Waals surface area contributed by atoms with Crippen molar-refractivity contribution < 1.29 is 36.2 Å². The predicted octanol–water partition coefficient (Wildman–Crippen LogP) is 1.40. The molecule has 4 atom stereocenters. The van der Waals surface area contributed by atoms with Crippen molar-refractivity contribution in [2.24, 2.45) is 5.92 Å². The molecule has 0 bridgehead atoms. The molecule has 1 aromatic rings. The van der Waals surface area contributed by atoms with E-state index in [-0.39, 0.29) is 18.7 Å². The Kier molecular flexibility index (Phi) is 7.75. The molecule has 1 saturated heterocycles. The summed E-state index contributed by atoms with van der Waals surface area (Å²) in [5.74, 6) is -1.07. The number of hydrogen-bond donors (Lipinski definition) is 3.